The highest BCUT2D eigenvalue weighted by Crippen LogP contribution is 2.36. The fourth-order valence-electron chi connectivity index (χ4n) is 5.11. The number of rotatable bonds is 5. The van der Waals surface area contributed by atoms with E-state index in [-0.39, 0.29) is 18.1 Å². The molecule has 2 aromatic rings. The minimum absolute atomic E-state index is 0.0389. The molecule has 2 amide bonds. The number of nitrogens with one attached hydrogen (secondary N) is 1. The number of hydrogen-bond donors (Lipinski definition) is 1. The Kier molecular flexibility index (Phi) is 5.02. The molecule has 0 saturated heterocycles. The molecule has 1 N–H and O–H groups in total. The molecular weight excluding hydrogens is 362 g/mol. The molecule has 2 atom stereocenters. The summed E-state index contributed by atoms with van der Waals surface area (Å²) in [5, 5.41) is 12.4. The highest BCUT2D eigenvalue weighted by Gasteiger charge is 2.37. The fraction of sp³-hybridized carbons (Fsp3) is 0.609. The summed E-state index contributed by atoms with van der Waals surface area (Å²) in [6, 6.07) is 10.7. The lowest BCUT2D eigenvalue weighted by molar-refractivity contribution is 0.154. The third-order valence-corrected chi connectivity index (χ3v) is 6.99. The molecule has 2 saturated carbocycles. The van der Waals surface area contributed by atoms with Crippen LogP contribution < -0.4 is 5.32 Å². The lowest BCUT2D eigenvalue weighted by Gasteiger charge is -2.35. The SMILES string of the molecule is CC1c2nnc(C3CCCC3)n2CCN1C(=O)NC(Cc1ccccc1)C1CC1. The second-order valence-corrected chi connectivity index (χ2v) is 9.00. The molecule has 154 valence electrons. The minimum atomic E-state index is -0.0389. The molecule has 1 aromatic heterocycles. The van der Waals surface area contributed by atoms with Gasteiger partial charge in [-0.25, -0.2) is 4.79 Å². The molecule has 2 heterocycles. The first kappa shape index (κ1) is 18.6. The van der Waals surface area contributed by atoms with Gasteiger partial charge >= 0.3 is 6.03 Å². The van der Waals surface area contributed by atoms with Gasteiger partial charge in [-0.3, -0.25) is 0 Å². The largest absolute Gasteiger partial charge is 0.335 e. The van der Waals surface area contributed by atoms with Gasteiger partial charge in [-0.15, -0.1) is 10.2 Å². The molecule has 6 heteroatoms. The highest BCUT2D eigenvalue weighted by molar-refractivity contribution is 5.75. The van der Waals surface area contributed by atoms with Crippen LogP contribution >= 0.6 is 0 Å². The monoisotopic (exact) mass is 393 g/mol. The van der Waals surface area contributed by atoms with E-state index in [0.29, 0.717) is 11.8 Å². The van der Waals surface area contributed by atoms with Crippen LogP contribution in [0.15, 0.2) is 30.3 Å². The summed E-state index contributed by atoms with van der Waals surface area (Å²) in [6.07, 6.45) is 8.36. The number of carbonyl (C=O) groups excluding carboxylic acids is 1. The maximum atomic E-state index is 13.2. The molecule has 0 bridgehead atoms. The van der Waals surface area contributed by atoms with Gasteiger partial charge in [0.05, 0.1) is 6.04 Å². The van der Waals surface area contributed by atoms with Gasteiger partial charge in [-0.05, 0) is 50.5 Å². The Labute approximate surface area is 172 Å². The van der Waals surface area contributed by atoms with Crippen LogP contribution in [-0.2, 0) is 13.0 Å². The number of nitrogens with zero attached hydrogens (tertiary/aromatic N) is 4. The van der Waals surface area contributed by atoms with E-state index in [1.807, 2.05) is 11.0 Å². The topological polar surface area (TPSA) is 63.1 Å². The predicted octanol–water partition coefficient (Wildman–Crippen LogP) is 4.04. The molecule has 1 aromatic carbocycles. The standard InChI is InChI=1S/C23H31N5O/c1-16-21-25-26-22(19-9-5-6-10-19)28(21)14-13-27(16)23(29)24-20(18-11-12-18)15-17-7-3-2-4-8-17/h2-4,7-8,16,18-20H,5-6,9-15H2,1H3,(H,24,29). The average Bonchev–Trinajstić information content (AvgIpc) is 3.26. The van der Waals surface area contributed by atoms with Gasteiger partial charge in [0, 0.05) is 25.0 Å². The minimum Gasteiger partial charge on any atom is -0.335 e. The zero-order chi connectivity index (χ0) is 19.8. The first-order valence-electron chi connectivity index (χ1n) is 11.2. The number of aromatic nitrogens is 3. The van der Waals surface area contributed by atoms with Crippen molar-refractivity contribution in [3.63, 3.8) is 0 Å². The van der Waals surface area contributed by atoms with E-state index in [0.717, 1.165) is 31.2 Å². The second-order valence-electron chi connectivity index (χ2n) is 9.00. The molecule has 6 nitrogen and oxygen atoms in total. The van der Waals surface area contributed by atoms with Crippen molar-refractivity contribution >= 4 is 6.03 Å². The van der Waals surface area contributed by atoms with E-state index in [9.17, 15) is 4.79 Å². The second kappa shape index (κ2) is 7.81. The van der Waals surface area contributed by atoms with Crippen LogP contribution in [0.3, 0.4) is 0 Å². The van der Waals surface area contributed by atoms with Crippen LogP contribution in [0.5, 0.6) is 0 Å². The van der Waals surface area contributed by atoms with Gasteiger partial charge in [-0.2, -0.15) is 0 Å². The smallest absolute Gasteiger partial charge is 0.318 e. The summed E-state index contributed by atoms with van der Waals surface area (Å²) in [5.74, 6) is 3.24. The van der Waals surface area contributed by atoms with Crippen LogP contribution in [0.1, 0.15) is 74.6 Å². The molecule has 2 fully saturated rings. The third kappa shape index (κ3) is 3.77. The third-order valence-electron chi connectivity index (χ3n) is 6.99. The number of hydrogen-bond acceptors (Lipinski definition) is 3. The molecule has 0 spiro atoms. The summed E-state index contributed by atoms with van der Waals surface area (Å²) in [5.41, 5.74) is 1.29. The van der Waals surface area contributed by atoms with Crippen molar-refractivity contribution in [2.45, 2.75) is 76.4 Å². The Morgan fingerprint density at radius 3 is 2.52 bits per heavy atom. The molecule has 0 radical (unpaired) electrons. The van der Waals surface area contributed by atoms with Gasteiger partial charge in [0.1, 0.15) is 5.82 Å². The van der Waals surface area contributed by atoms with Gasteiger partial charge in [0.15, 0.2) is 5.82 Å². The van der Waals surface area contributed by atoms with Crippen molar-refractivity contribution in [1.29, 1.82) is 0 Å². The number of carbonyl (C=O) groups is 1. The van der Waals surface area contributed by atoms with Crippen LogP contribution in [0.4, 0.5) is 4.79 Å². The fourth-order valence-corrected chi connectivity index (χ4v) is 5.11. The summed E-state index contributed by atoms with van der Waals surface area (Å²) >= 11 is 0. The maximum absolute atomic E-state index is 13.2. The number of amides is 2. The van der Waals surface area contributed by atoms with E-state index in [2.05, 4.69) is 51.3 Å². The van der Waals surface area contributed by atoms with E-state index < -0.39 is 0 Å². The van der Waals surface area contributed by atoms with Crippen molar-refractivity contribution in [2.75, 3.05) is 6.54 Å². The van der Waals surface area contributed by atoms with Gasteiger partial charge in [0.25, 0.3) is 0 Å². The molecular formula is C23H31N5O. The zero-order valence-corrected chi connectivity index (χ0v) is 17.3. The lowest BCUT2D eigenvalue weighted by atomic mass is 10.0. The van der Waals surface area contributed by atoms with Gasteiger partial charge < -0.3 is 14.8 Å². The quantitative estimate of drug-likeness (QED) is 0.834. The van der Waals surface area contributed by atoms with Crippen LogP contribution in [0, 0.1) is 5.92 Å². The van der Waals surface area contributed by atoms with Crippen LogP contribution in [0.2, 0.25) is 0 Å². The number of benzene rings is 1. The Hall–Kier alpha value is -2.37. The molecule has 5 rings (SSSR count). The lowest BCUT2D eigenvalue weighted by Crippen LogP contribution is -2.50. The van der Waals surface area contributed by atoms with Crippen molar-refractivity contribution in [3.8, 4) is 0 Å². The Bertz CT molecular complexity index is 853. The van der Waals surface area contributed by atoms with E-state index >= 15 is 0 Å². The van der Waals surface area contributed by atoms with Crippen molar-refractivity contribution < 1.29 is 4.79 Å². The number of urea groups is 1. The molecule has 2 unspecified atom stereocenters. The highest BCUT2D eigenvalue weighted by atomic mass is 16.2. The molecule has 29 heavy (non-hydrogen) atoms. The Morgan fingerprint density at radius 1 is 1.07 bits per heavy atom. The summed E-state index contributed by atoms with van der Waals surface area (Å²) in [6.45, 7) is 3.61. The van der Waals surface area contributed by atoms with E-state index in [1.165, 1.54) is 44.1 Å². The Morgan fingerprint density at radius 2 is 1.79 bits per heavy atom. The van der Waals surface area contributed by atoms with E-state index in [1.54, 1.807) is 0 Å². The molecule has 2 aliphatic carbocycles. The normalized spacial score (nSPS) is 23.1. The maximum Gasteiger partial charge on any atom is 0.318 e. The van der Waals surface area contributed by atoms with Crippen molar-refractivity contribution in [3.05, 3.63) is 47.5 Å². The van der Waals surface area contributed by atoms with E-state index in [4.69, 9.17) is 0 Å². The van der Waals surface area contributed by atoms with Gasteiger partial charge in [-0.1, -0.05) is 43.2 Å². The summed E-state index contributed by atoms with van der Waals surface area (Å²) < 4.78 is 2.28. The average molecular weight is 394 g/mol. The number of fused-ring (bicyclic) bond motifs is 1. The van der Waals surface area contributed by atoms with Crippen LogP contribution in [-0.4, -0.2) is 38.3 Å². The predicted molar refractivity (Wildman–Crippen MR) is 112 cm³/mol. The van der Waals surface area contributed by atoms with Crippen LogP contribution in [0.25, 0.3) is 0 Å². The van der Waals surface area contributed by atoms with Crippen molar-refractivity contribution in [2.24, 2.45) is 5.92 Å². The molecule has 1 aliphatic heterocycles. The summed E-state index contributed by atoms with van der Waals surface area (Å²) in [4.78, 5) is 15.1. The molecule has 3 aliphatic rings. The van der Waals surface area contributed by atoms with Crippen molar-refractivity contribution in [1.82, 2.24) is 25.0 Å². The first-order valence-corrected chi connectivity index (χ1v) is 11.2. The first-order chi connectivity index (χ1) is 14.2. The van der Waals surface area contributed by atoms with Gasteiger partial charge in [0.2, 0.25) is 0 Å². The summed E-state index contributed by atoms with van der Waals surface area (Å²) in [7, 11) is 0. The zero-order valence-electron chi connectivity index (χ0n) is 17.3. The Balaban J connectivity index is 1.28.